The zero-order chi connectivity index (χ0) is 26.9. The van der Waals surface area contributed by atoms with Gasteiger partial charge in [0.25, 0.3) is 5.91 Å². The molecule has 0 fully saturated rings. The predicted octanol–water partition coefficient (Wildman–Crippen LogP) is 5.59. The topological polar surface area (TPSA) is 103 Å². The van der Waals surface area contributed by atoms with E-state index in [1.54, 1.807) is 13.8 Å². The molecule has 0 aliphatic rings. The molecule has 4 rings (SSSR count). The van der Waals surface area contributed by atoms with E-state index in [9.17, 15) is 23.2 Å². The number of hydrogen-bond acceptors (Lipinski definition) is 7. The van der Waals surface area contributed by atoms with E-state index in [-0.39, 0.29) is 47.0 Å². The molecule has 0 aliphatic carbocycles. The number of esters is 1. The van der Waals surface area contributed by atoms with E-state index in [1.165, 1.54) is 47.9 Å². The Morgan fingerprint density at radius 3 is 2.57 bits per heavy atom. The van der Waals surface area contributed by atoms with Gasteiger partial charge in [0, 0.05) is 16.3 Å². The summed E-state index contributed by atoms with van der Waals surface area (Å²) in [4.78, 5) is 42.5. The summed E-state index contributed by atoms with van der Waals surface area (Å²) in [5.74, 6) is -3.93. The van der Waals surface area contributed by atoms with Crippen molar-refractivity contribution in [2.45, 2.75) is 33.2 Å². The van der Waals surface area contributed by atoms with Crippen LogP contribution < -0.4 is 5.32 Å². The molecule has 0 unspecified atom stereocenters. The molecule has 1 atom stereocenters. The van der Waals surface area contributed by atoms with Crippen LogP contribution in [0.25, 0.3) is 10.1 Å². The van der Waals surface area contributed by atoms with Crippen molar-refractivity contribution in [3.8, 4) is 0 Å². The Labute approximate surface area is 219 Å². The maximum Gasteiger partial charge on any atom is 0.374 e. The van der Waals surface area contributed by atoms with Gasteiger partial charge < -0.3 is 14.6 Å². The fourth-order valence-corrected chi connectivity index (χ4v) is 5.00. The number of Topliss-reactive ketones (excluding diaryl/α,β-unsaturated/α-hetero) is 1. The van der Waals surface area contributed by atoms with E-state index in [0.717, 1.165) is 11.5 Å². The fourth-order valence-electron chi connectivity index (χ4n) is 3.97. The van der Waals surface area contributed by atoms with Gasteiger partial charge >= 0.3 is 5.97 Å². The SMILES string of the molecule is CCOC(=O)c1nc(NC(=O)c2nsc3ccc(F)cc23)c([C@H](C)c2cc(F)ccc2Cl)n1CC(C)=O. The van der Waals surface area contributed by atoms with Crippen molar-refractivity contribution < 1.29 is 27.9 Å². The van der Waals surface area contributed by atoms with Gasteiger partial charge in [-0.3, -0.25) is 9.59 Å². The van der Waals surface area contributed by atoms with E-state index in [1.807, 2.05) is 0 Å². The average Bonchev–Trinajstić information content (AvgIpc) is 3.41. The second-order valence-electron chi connectivity index (χ2n) is 8.19. The van der Waals surface area contributed by atoms with Crippen molar-refractivity contribution in [3.05, 3.63) is 75.8 Å². The summed E-state index contributed by atoms with van der Waals surface area (Å²) in [7, 11) is 0. The first kappa shape index (κ1) is 26.4. The minimum Gasteiger partial charge on any atom is -0.460 e. The first-order valence-electron chi connectivity index (χ1n) is 11.2. The van der Waals surface area contributed by atoms with Crippen LogP contribution in [-0.2, 0) is 16.1 Å². The molecule has 0 radical (unpaired) electrons. The number of nitrogens with one attached hydrogen (secondary N) is 1. The second kappa shape index (κ2) is 10.7. The summed E-state index contributed by atoms with van der Waals surface area (Å²) < 4.78 is 39.2. The Bertz CT molecular complexity index is 1530. The minimum atomic E-state index is -0.816. The number of carbonyl (C=O) groups is 3. The number of anilines is 1. The van der Waals surface area contributed by atoms with E-state index in [0.29, 0.717) is 15.6 Å². The van der Waals surface area contributed by atoms with Crippen LogP contribution in [0, 0.1) is 11.6 Å². The van der Waals surface area contributed by atoms with Crippen LogP contribution in [0.15, 0.2) is 36.4 Å². The van der Waals surface area contributed by atoms with Crippen LogP contribution in [0.3, 0.4) is 0 Å². The number of amides is 1. The van der Waals surface area contributed by atoms with Gasteiger partial charge in [0.2, 0.25) is 5.82 Å². The summed E-state index contributed by atoms with van der Waals surface area (Å²) in [5.41, 5.74) is 0.531. The van der Waals surface area contributed by atoms with Gasteiger partial charge in [0.1, 0.15) is 23.1 Å². The van der Waals surface area contributed by atoms with Gasteiger partial charge in [-0.2, -0.15) is 4.37 Å². The highest BCUT2D eigenvalue weighted by molar-refractivity contribution is 7.13. The lowest BCUT2D eigenvalue weighted by atomic mass is 9.96. The molecule has 2 aromatic heterocycles. The molecule has 1 amide bonds. The molecule has 2 heterocycles. The number of hydrogen-bond donors (Lipinski definition) is 1. The van der Waals surface area contributed by atoms with Crippen molar-refractivity contribution in [2.24, 2.45) is 0 Å². The normalized spacial score (nSPS) is 11.9. The van der Waals surface area contributed by atoms with E-state index in [2.05, 4.69) is 14.7 Å². The van der Waals surface area contributed by atoms with Gasteiger partial charge in [0.05, 0.1) is 23.5 Å². The predicted molar refractivity (Wildman–Crippen MR) is 135 cm³/mol. The third-order valence-electron chi connectivity index (χ3n) is 5.56. The molecule has 8 nitrogen and oxygen atoms in total. The number of carbonyl (C=O) groups excluding carboxylic acids is 3. The molecule has 0 bridgehead atoms. The van der Waals surface area contributed by atoms with Gasteiger partial charge in [-0.1, -0.05) is 18.5 Å². The number of nitrogens with zero attached hydrogens (tertiary/aromatic N) is 3. The number of rotatable bonds is 8. The van der Waals surface area contributed by atoms with Crippen LogP contribution in [0.4, 0.5) is 14.6 Å². The van der Waals surface area contributed by atoms with E-state index >= 15 is 0 Å². The molecule has 0 spiro atoms. The quantitative estimate of drug-likeness (QED) is 0.289. The van der Waals surface area contributed by atoms with Gasteiger partial charge in [-0.25, -0.2) is 18.6 Å². The maximum atomic E-state index is 14.1. The standard InChI is InChI=1S/C25H21ClF2N4O4S/c1-4-36-25(35)23-29-22(30-24(34)20-17-10-15(28)6-8-19(17)37-31-20)21(32(23)11-12(2)33)13(3)16-9-14(27)5-7-18(16)26/h5-10,13H,4,11H2,1-3H3,(H,30,34)/t13-/m1/s1. The molecular weight excluding hydrogens is 526 g/mol. The minimum absolute atomic E-state index is 0.0410. The number of benzene rings is 2. The molecule has 2 aromatic carbocycles. The summed E-state index contributed by atoms with van der Waals surface area (Å²) in [5, 5.41) is 3.18. The number of aromatic nitrogens is 3. The van der Waals surface area contributed by atoms with Crippen LogP contribution in [0.5, 0.6) is 0 Å². The largest absolute Gasteiger partial charge is 0.460 e. The number of ether oxygens (including phenoxy) is 1. The van der Waals surface area contributed by atoms with Crippen molar-refractivity contribution in [3.63, 3.8) is 0 Å². The molecule has 0 saturated heterocycles. The lowest BCUT2D eigenvalue weighted by Gasteiger charge is -2.19. The fraction of sp³-hybridized carbons (Fsp3) is 0.240. The Morgan fingerprint density at radius 1 is 1.16 bits per heavy atom. The highest BCUT2D eigenvalue weighted by atomic mass is 35.5. The number of fused-ring (bicyclic) bond motifs is 1. The number of ketones is 1. The third-order valence-corrected chi connectivity index (χ3v) is 6.73. The highest BCUT2D eigenvalue weighted by Gasteiger charge is 2.30. The third kappa shape index (κ3) is 5.37. The van der Waals surface area contributed by atoms with Crippen molar-refractivity contribution in [2.75, 3.05) is 11.9 Å². The van der Waals surface area contributed by atoms with Crippen LogP contribution in [0.1, 0.15) is 59.1 Å². The summed E-state index contributed by atoms with van der Waals surface area (Å²) in [6, 6.07) is 7.78. The van der Waals surface area contributed by atoms with E-state index < -0.39 is 29.4 Å². The van der Waals surface area contributed by atoms with Gasteiger partial charge in [-0.15, -0.1) is 0 Å². The Kier molecular flexibility index (Phi) is 7.65. The first-order valence-corrected chi connectivity index (χ1v) is 12.3. The van der Waals surface area contributed by atoms with Crippen molar-refractivity contribution in [1.82, 2.24) is 13.9 Å². The van der Waals surface area contributed by atoms with Gasteiger partial charge in [-0.05, 0) is 67.3 Å². The average molecular weight is 547 g/mol. The van der Waals surface area contributed by atoms with Crippen LogP contribution in [0.2, 0.25) is 5.02 Å². The molecule has 1 N–H and O–H groups in total. The Hall–Kier alpha value is -3.70. The van der Waals surface area contributed by atoms with Crippen molar-refractivity contribution >= 4 is 56.7 Å². The van der Waals surface area contributed by atoms with Crippen LogP contribution in [-0.4, -0.2) is 38.2 Å². The zero-order valence-electron chi connectivity index (χ0n) is 20.0. The second-order valence-corrected chi connectivity index (χ2v) is 9.40. The molecule has 192 valence electrons. The molecule has 4 aromatic rings. The number of imidazole rings is 1. The summed E-state index contributed by atoms with van der Waals surface area (Å²) >= 11 is 7.37. The molecule has 12 heteroatoms. The molecule has 0 saturated carbocycles. The lowest BCUT2D eigenvalue weighted by Crippen LogP contribution is -2.20. The number of halogens is 3. The molecule has 37 heavy (non-hydrogen) atoms. The summed E-state index contributed by atoms with van der Waals surface area (Å²) in [6.07, 6.45) is 0. The van der Waals surface area contributed by atoms with Crippen molar-refractivity contribution in [1.29, 1.82) is 0 Å². The zero-order valence-corrected chi connectivity index (χ0v) is 21.5. The van der Waals surface area contributed by atoms with Gasteiger partial charge in [0.15, 0.2) is 5.82 Å². The van der Waals surface area contributed by atoms with E-state index in [4.69, 9.17) is 16.3 Å². The Balaban J connectivity index is 1.87. The van der Waals surface area contributed by atoms with Crippen LogP contribution >= 0.6 is 23.1 Å². The summed E-state index contributed by atoms with van der Waals surface area (Å²) in [6.45, 7) is 4.39. The maximum absolute atomic E-state index is 14.1. The highest BCUT2D eigenvalue weighted by Crippen LogP contribution is 2.36. The Morgan fingerprint density at radius 2 is 1.86 bits per heavy atom. The lowest BCUT2D eigenvalue weighted by molar-refractivity contribution is -0.117. The smallest absolute Gasteiger partial charge is 0.374 e. The first-order chi connectivity index (χ1) is 17.6. The molecule has 0 aliphatic heterocycles. The monoisotopic (exact) mass is 546 g/mol. The molecular formula is C25H21ClF2N4O4S.